The summed E-state index contributed by atoms with van der Waals surface area (Å²) in [4.78, 5) is 0. The first-order valence-corrected chi connectivity index (χ1v) is 12.6. The maximum atomic E-state index is 6.94. The molecule has 0 saturated heterocycles. The van der Waals surface area contributed by atoms with Gasteiger partial charge in [-0.15, -0.1) is 45.3 Å². The zero-order chi connectivity index (χ0) is 22.6. The fraction of sp³-hybridized carbons (Fsp3) is 0.519. The fourth-order valence-electron chi connectivity index (χ4n) is 2.93. The van der Waals surface area contributed by atoms with Gasteiger partial charge >= 0.3 is 21.7 Å². The molecular weight excluding hydrogens is 414 g/mol. The minimum Gasteiger partial charge on any atom is -0.673 e. The first kappa shape index (κ1) is 29.2. The molecule has 0 unspecified atom stereocenters. The van der Waals surface area contributed by atoms with Gasteiger partial charge < -0.3 is 5.73 Å². The Balaban J connectivity index is 0.000000809. The van der Waals surface area contributed by atoms with Crippen LogP contribution in [0.4, 0.5) is 0 Å². The van der Waals surface area contributed by atoms with Gasteiger partial charge in [0, 0.05) is 9.52 Å². The minimum atomic E-state index is -0.250. The second-order valence-corrected chi connectivity index (χ2v) is 12.0. The summed E-state index contributed by atoms with van der Waals surface area (Å²) in [6.45, 7) is 23.5. The number of nitrogens with one attached hydrogen (secondary N) is 1. The van der Waals surface area contributed by atoms with E-state index in [1.54, 1.807) is 0 Å². The molecule has 30 heavy (non-hydrogen) atoms. The van der Waals surface area contributed by atoms with Crippen molar-refractivity contribution in [1.82, 2.24) is 0 Å². The van der Waals surface area contributed by atoms with Gasteiger partial charge in [-0.1, -0.05) is 111 Å². The first-order valence-electron chi connectivity index (χ1n) is 10.6. The molecule has 0 aliphatic carbocycles. The zero-order valence-corrected chi connectivity index (χ0v) is 23.6. The van der Waals surface area contributed by atoms with E-state index in [0.717, 1.165) is 9.52 Å². The Hall–Kier alpha value is -0.799. The van der Waals surface area contributed by atoms with E-state index in [1.807, 2.05) is 20.8 Å². The van der Waals surface area contributed by atoms with E-state index < -0.39 is 0 Å². The Morgan fingerprint density at radius 1 is 0.667 bits per heavy atom. The molecule has 3 aromatic carbocycles. The van der Waals surface area contributed by atoms with Gasteiger partial charge in [-0.2, -0.15) is 0 Å². The average Bonchev–Trinajstić information content (AvgIpc) is 2.89. The molecule has 0 aliphatic heterocycles. The Bertz CT molecular complexity index is 844. The Morgan fingerprint density at radius 3 is 1.17 bits per heavy atom. The van der Waals surface area contributed by atoms with E-state index in [9.17, 15) is 0 Å². The number of hydrogen-bond acceptors (Lipinski definition) is 0. The van der Waals surface area contributed by atoms with E-state index in [4.69, 9.17) is 5.73 Å². The Labute approximate surface area is 203 Å². The third-order valence-electron chi connectivity index (χ3n) is 4.44. The molecule has 0 aliphatic rings. The molecule has 162 valence electrons. The van der Waals surface area contributed by atoms with Crippen LogP contribution in [0.3, 0.4) is 0 Å². The van der Waals surface area contributed by atoms with Gasteiger partial charge in [0.2, 0.25) is 0 Å². The molecule has 3 rings (SSSR count). The van der Waals surface area contributed by atoms with Gasteiger partial charge in [0.25, 0.3) is 0 Å². The molecule has 1 nitrogen and oxygen atoms in total. The smallest absolute Gasteiger partial charge is 0.673 e. The van der Waals surface area contributed by atoms with Crippen LogP contribution < -0.4 is 0 Å². The monoisotopic (exact) mass is 455 g/mol. The summed E-state index contributed by atoms with van der Waals surface area (Å²) in [6.07, 6.45) is 0. The molecule has 0 aromatic heterocycles. The van der Waals surface area contributed by atoms with Crippen LogP contribution in [0.25, 0.3) is 27.3 Å². The fourth-order valence-corrected chi connectivity index (χ4v) is 2.93. The minimum absolute atomic E-state index is 0. The summed E-state index contributed by atoms with van der Waals surface area (Å²) in [5.41, 5.74) is 9.89. The summed E-state index contributed by atoms with van der Waals surface area (Å²) in [7, 11) is 1.08. The number of hydrogen-bond donors (Lipinski definition) is 0. The van der Waals surface area contributed by atoms with Crippen LogP contribution in [0.1, 0.15) is 73.4 Å². The molecule has 0 amide bonds. The molecule has 0 atom stereocenters. The van der Waals surface area contributed by atoms with Crippen molar-refractivity contribution in [2.24, 2.45) is 0 Å². The standard InChI is InChI=1S/C21H25.C4H10N.C2H6Si.Ti/c1-20(2,3)16-9-7-14-11-15-8-10-17(21(4,5)6)13-19(15)18(14)12-16;1-4(2,3)5;1-3-2;/h7-13H,1-6H3;5H,1-3H3;1-2H3;/q2*-1;;+2. The van der Waals surface area contributed by atoms with E-state index in [-0.39, 0.29) is 38.1 Å². The van der Waals surface area contributed by atoms with Crippen molar-refractivity contribution in [2.45, 2.75) is 91.8 Å². The average molecular weight is 456 g/mol. The summed E-state index contributed by atoms with van der Waals surface area (Å²) in [5, 5.41) is 5.49. The summed E-state index contributed by atoms with van der Waals surface area (Å²) >= 11 is 0. The van der Waals surface area contributed by atoms with Gasteiger partial charge in [-0.05, 0) is 10.8 Å². The predicted molar refractivity (Wildman–Crippen MR) is 136 cm³/mol. The summed E-state index contributed by atoms with van der Waals surface area (Å²) in [6, 6.07) is 16.1. The topological polar surface area (TPSA) is 23.8 Å². The number of rotatable bonds is 0. The Morgan fingerprint density at radius 2 is 0.933 bits per heavy atom. The van der Waals surface area contributed by atoms with Crippen molar-refractivity contribution >= 4 is 31.1 Å². The van der Waals surface area contributed by atoms with Gasteiger partial charge in [0.1, 0.15) is 0 Å². The van der Waals surface area contributed by atoms with Gasteiger partial charge in [-0.25, -0.2) is 0 Å². The molecule has 0 bridgehead atoms. The van der Waals surface area contributed by atoms with Crippen LogP contribution in [0.5, 0.6) is 0 Å². The zero-order valence-electron chi connectivity index (χ0n) is 21.0. The molecule has 1 N–H and O–H groups in total. The van der Waals surface area contributed by atoms with Crippen molar-refractivity contribution in [2.75, 3.05) is 0 Å². The molecular formula is C27H41NSiTi. The van der Waals surface area contributed by atoms with Crippen LogP contribution in [-0.4, -0.2) is 15.1 Å². The number of benzene rings is 2. The van der Waals surface area contributed by atoms with Gasteiger partial charge in [-0.3, -0.25) is 0 Å². The largest absolute Gasteiger partial charge is 2.00 e. The van der Waals surface area contributed by atoms with Crippen LogP contribution in [-0.2, 0) is 32.5 Å². The quantitative estimate of drug-likeness (QED) is 0.239. The van der Waals surface area contributed by atoms with Crippen LogP contribution in [0.2, 0.25) is 13.1 Å². The maximum Gasteiger partial charge on any atom is 2.00 e. The van der Waals surface area contributed by atoms with Crippen molar-refractivity contribution in [1.29, 1.82) is 0 Å². The van der Waals surface area contributed by atoms with E-state index >= 15 is 0 Å². The normalized spacial score (nSPS) is 11.9. The van der Waals surface area contributed by atoms with E-state index in [0.29, 0.717) is 0 Å². The first-order chi connectivity index (χ1) is 13.1. The van der Waals surface area contributed by atoms with Crippen LogP contribution in [0, 0.1) is 0 Å². The van der Waals surface area contributed by atoms with Crippen LogP contribution >= 0.6 is 0 Å². The summed E-state index contributed by atoms with van der Waals surface area (Å²) in [5.74, 6) is 0. The molecule has 0 spiro atoms. The maximum absolute atomic E-state index is 6.94. The predicted octanol–water partition coefficient (Wildman–Crippen LogP) is 8.93. The van der Waals surface area contributed by atoms with Crippen molar-refractivity contribution in [3.05, 3.63) is 59.3 Å². The van der Waals surface area contributed by atoms with Crippen LogP contribution in [0.15, 0.2) is 42.5 Å². The van der Waals surface area contributed by atoms with Crippen molar-refractivity contribution < 1.29 is 21.7 Å². The molecule has 3 aromatic rings. The van der Waals surface area contributed by atoms with E-state index in [1.165, 1.54) is 32.7 Å². The third kappa shape index (κ3) is 9.14. The molecule has 0 heterocycles. The second kappa shape index (κ2) is 11.2. The van der Waals surface area contributed by atoms with E-state index in [2.05, 4.69) is 97.1 Å². The SMILES string of the molecule is CC(C)(C)[NH-].CC(C)(C)c1ccc2[cH-]c3ccc(C(C)(C)C)cc3c2c1.C[Si]C.[Ti+2]. The van der Waals surface area contributed by atoms with Crippen molar-refractivity contribution in [3.8, 4) is 0 Å². The number of fused-ring (bicyclic) bond motifs is 3. The Kier molecular flexibility index (Phi) is 10.9. The van der Waals surface area contributed by atoms with Gasteiger partial charge in [0.15, 0.2) is 0 Å². The van der Waals surface area contributed by atoms with Crippen molar-refractivity contribution in [3.63, 3.8) is 0 Å². The van der Waals surface area contributed by atoms with Gasteiger partial charge in [0.05, 0.1) is 0 Å². The molecule has 0 saturated carbocycles. The molecule has 2 radical (unpaired) electrons. The summed E-state index contributed by atoms with van der Waals surface area (Å²) < 4.78 is 0. The second-order valence-electron chi connectivity index (χ2n) is 11.0. The molecule has 0 fully saturated rings. The molecule has 3 heteroatoms. The third-order valence-corrected chi connectivity index (χ3v) is 4.44.